The van der Waals surface area contributed by atoms with Gasteiger partial charge in [0.2, 0.25) is 5.91 Å². The van der Waals surface area contributed by atoms with E-state index < -0.39 is 0 Å². The second-order valence-electron chi connectivity index (χ2n) is 5.78. The van der Waals surface area contributed by atoms with Crippen LogP contribution in [0.15, 0.2) is 36.4 Å². The highest BCUT2D eigenvalue weighted by Crippen LogP contribution is 2.25. The van der Waals surface area contributed by atoms with E-state index in [-0.39, 0.29) is 11.8 Å². The highest BCUT2D eigenvalue weighted by atomic mass is 16.5. The van der Waals surface area contributed by atoms with E-state index in [0.717, 1.165) is 16.8 Å². The number of hydrogen-bond acceptors (Lipinski definition) is 4. The Morgan fingerprint density at radius 3 is 2.72 bits per heavy atom. The third kappa shape index (κ3) is 3.74. The van der Waals surface area contributed by atoms with Gasteiger partial charge in [0, 0.05) is 35.8 Å². The van der Waals surface area contributed by atoms with E-state index in [9.17, 15) is 9.59 Å². The number of aryl methyl sites for hydroxylation is 1. The van der Waals surface area contributed by atoms with Crippen LogP contribution in [-0.4, -0.2) is 26.0 Å². The number of amides is 2. The van der Waals surface area contributed by atoms with E-state index >= 15 is 0 Å². The van der Waals surface area contributed by atoms with Crippen LogP contribution in [0, 0.1) is 0 Å². The van der Waals surface area contributed by atoms with Gasteiger partial charge in [-0.1, -0.05) is 0 Å². The van der Waals surface area contributed by atoms with Crippen molar-refractivity contribution in [2.75, 3.05) is 19.5 Å². The molecule has 130 valence electrons. The molecule has 2 amide bonds. The summed E-state index contributed by atoms with van der Waals surface area (Å²) in [7, 11) is 3.17. The van der Waals surface area contributed by atoms with E-state index in [1.54, 1.807) is 32.4 Å². The smallest absolute Gasteiger partial charge is 0.251 e. The zero-order chi connectivity index (χ0) is 17.8. The van der Waals surface area contributed by atoms with E-state index in [1.165, 1.54) is 0 Å². The third-order valence-corrected chi connectivity index (χ3v) is 4.20. The lowest BCUT2D eigenvalue weighted by Gasteiger charge is -2.17. The van der Waals surface area contributed by atoms with Gasteiger partial charge in [-0.15, -0.1) is 0 Å². The number of benzene rings is 2. The van der Waals surface area contributed by atoms with Crippen LogP contribution in [-0.2, 0) is 17.8 Å². The van der Waals surface area contributed by atoms with E-state index in [1.807, 2.05) is 18.2 Å². The first-order valence-electron chi connectivity index (χ1n) is 8.02. The van der Waals surface area contributed by atoms with Crippen molar-refractivity contribution in [1.82, 2.24) is 5.32 Å². The van der Waals surface area contributed by atoms with Gasteiger partial charge in [0.05, 0.1) is 14.2 Å². The van der Waals surface area contributed by atoms with Crippen molar-refractivity contribution in [3.05, 3.63) is 53.1 Å². The van der Waals surface area contributed by atoms with Gasteiger partial charge in [0.15, 0.2) is 0 Å². The average molecular weight is 340 g/mol. The second-order valence-corrected chi connectivity index (χ2v) is 5.78. The van der Waals surface area contributed by atoms with Crippen LogP contribution in [0.25, 0.3) is 0 Å². The minimum atomic E-state index is -0.169. The van der Waals surface area contributed by atoms with Crippen LogP contribution in [0.4, 0.5) is 5.69 Å². The topological polar surface area (TPSA) is 76.7 Å². The van der Waals surface area contributed by atoms with E-state index in [4.69, 9.17) is 9.47 Å². The first-order chi connectivity index (χ1) is 12.1. The normalized spacial score (nSPS) is 12.8. The Hall–Kier alpha value is -3.02. The van der Waals surface area contributed by atoms with Gasteiger partial charge in [-0.2, -0.15) is 0 Å². The van der Waals surface area contributed by atoms with Crippen molar-refractivity contribution in [1.29, 1.82) is 0 Å². The minimum absolute atomic E-state index is 0.0105. The van der Waals surface area contributed by atoms with Crippen LogP contribution in [0.3, 0.4) is 0 Å². The lowest BCUT2D eigenvalue weighted by atomic mass is 10.00. The number of methoxy groups -OCH3 is 2. The molecule has 1 aliphatic heterocycles. The lowest BCUT2D eigenvalue weighted by molar-refractivity contribution is -0.116. The molecule has 0 aliphatic carbocycles. The summed E-state index contributed by atoms with van der Waals surface area (Å²) in [6.07, 6.45) is 1.09. The van der Waals surface area contributed by atoms with Crippen LogP contribution in [0.5, 0.6) is 11.5 Å². The quantitative estimate of drug-likeness (QED) is 0.877. The van der Waals surface area contributed by atoms with Crippen LogP contribution >= 0.6 is 0 Å². The molecule has 0 saturated carbocycles. The predicted octanol–water partition coefficient (Wildman–Crippen LogP) is 2.52. The Morgan fingerprint density at radius 1 is 1.12 bits per heavy atom. The lowest BCUT2D eigenvalue weighted by Crippen LogP contribution is -2.24. The van der Waals surface area contributed by atoms with Gasteiger partial charge in [0.25, 0.3) is 5.91 Å². The highest BCUT2D eigenvalue weighted by molar-refractivity contribution is 5.97. The van der Waals surface area contributed by atoms with Crippen molar-refractivity contribution >= 4 is 17.5 Å². The molecule has 25 heavy (non-hydrogen) atoms. The van der Waals surface area contributed by atoms with Gasteiger partial charge in [-0.3, -0.25) is 9.59 Å². The summed E-state index contributed by atoms with van der Waals surface area (Å²) in [6.45, 7) is 0.347. The molecule has 0 fully saturated rings. The Labute approximate surface area is 146 Å². The first-order valence-corrected chi connectivity index (χ1v) is 8.02. The average Bonchev–Trinajstić information content (AvgIpc) is 2.65. The van der Waals surface area contributed by atoms with Gasteiger partial charge in [-0.25, -0.2) is 0 Å². The zero-order valence-electron chi connectivity index (χ0n) is 14.2. The van der Waals surface area contributed by atoms with Crippen molar-refractivity contribution < 1.29 is 19.1 Å². The number of hydrogen-bond donors (Lipinski definition) is 2. The summed E-state index contributed by atoms with van der Waals surface area (Å²) in [5.74, 6) is 1.20. The molecular weight excluding hydrogens is 320 g/mol. The van der Waals surface area contributed by atoms with Crippen LogP contribution < -0.4 is 20.1 Å². The van der Waals surface area contributed by atoms with E-state index in [0.29, 0.717) is 36.4 Å². The molecule has 6 nitrogen and oxygen atoms in total. The molecule has 0 unspecified atom stereocenters. The zero-order valence-corrected chi connectivity index (χ0v) is 14.2. The Morgan fingerprint density at radius 2 is 1.96 bits per heavy atom. The largest absolute Gasteiger partial charge is 0.497 e. The van der Waals surface area contributed by atoms with Gasteiger partial charge >= 0.3 is 0 Å². The fourth-order valence-corrected chi connectivity index (χ4v) is 2.80. The van der Waals surface area contributed by atoms with Crippen LogP contribution in [0.2, 0.25) is 0 Å². The third-order valence-electron chi connectivity index (χ3n) is 4.20. The number of rotatable bonds is 5. The maximum atomic E-state index is 12.4. The van der Waals surface area contributed by atoms with Crippen molar-refractivity contribution in [3.63, 3.8) is 0 Å². The predicted molar refractivity (Wildman–Crippen MR) is 94.1 cm³/mol. The highest BCUT2D eigenvalue weighted by Gasteiger charge is 2.17. The SMILES string of the molecule is COc1ccc(CNC(=O)c2ccc3c(c2)CCC(=O)N3)c(OC)c1. The van der Waals surface area contributed by atoms with Crippen LogP contribution in [0.1, 0.15) is 27.9 Å². The number of fused-ring (bicyclic) bond motifs is 1. The van der Waals surface area contributed by atoms with Gasteiger partial charge in [0.1, 0.15) is 11.5 Å². The molecule has 0 bridgehead atoms. The van der Waals surface area contributed by atoms with E-state index in [2.05, 4.69) is 10.6 Å². The molecular formula is C19H20N2O4. The minimum Gasteiger partial charge on any atom is -0.497 e. The number of carbonyl (C=O) groups excluding carboxylic acids is 2. The summed E-state index contributed by atoms with van der Waals surface area (Å²) in [5, 5.41) is 5.71. The summed E-state index contributed by atoms with van der Waals surface area (Å²) in [6, 6.07) is 10.8. The van der Waals surface area contributed by atoms with Crippen molar-refractivity contribution in [2.45, 2.75) is 19.4 Å². The maximum Gasteiger partial charge on any atom is 0.251 e. The monoisotopic (exact) mass is 340 g/mol. The number of nitrogens with one attached hydrogen (secondary N) is 2. The summed E-state index contributed by atoms with van der Waals surface area (Å²) < 4.78 is 10.5. The fraction of sp³-hybridized carbons (Fsp3) is 0.263. The van der Waals surface area contributed by atoms with Gasteiger partial charge < -0.3 is 20.1 Å². The molecule has 0 atom stereocenters. The number of carbonyl (C=O) groups is 2. The molecule has 6 heteroatoms. The molecule has 0 spiro atoms. The van der Waals surface area contributed by atoms with Gasteiger partial charge in [-0.05, 0) is 42.3 Å². The Kier molecular flexibility index (Phi) is 4.88. The van der Waals surface area contributed by atoms with Crippen molar-refractivity contribution in [3.8, 4) is 11.5 Å². The molecule has 3 rings (SSSR count). The molecule has 2 aromatic rings. The molecule has 1 heterocycles. The standard InChI is InChI=1S/C19H20N2O4/c1-24-15-6-3-14(17(10-15)25-2)11-20-19(23)13-4-7-16-12(9-13)5-8-18(22)21-16/h3-4,6-7,9-10H,5,8,11H2,1-2H3,(H,20,23)(H,21,22). The fourth-order valence-electron chi connectivity index (χ4n) is 2.80. The Balaban J connectivity index is 1.70. The molecule has 0 radical (unpaired) electrons. The second kappa shape index (κ2) is 7.25. The summed E-state index contributed by atoms with van der Waals surface area (Å²) in [5.41, 5.74) is 3.20. The molecule has 0 saturated heterocycles. The Bertz CT molecular complexity index is 817. The first kappa shape index (κ1) is 16.8. The summed E-state index contributed by atoms with van der Waals surface area (Å²) in [4.78, 5) is 23.8. The number of ether oxygens (including phenoxy) is 2. The molecule has 1 aliphatic rings. The molecule has 0 aromatic heterocycles. The summed E-state index contributed by atoms with van der Waals surface area (Å²) >= 11 is 0. The molecule has 2 N–H and O–H groups in total. The van der Waals surface area contributed by atoms with Crippen molar-refractivity contribution in [2.24, 2.45) is 0 Å². The number of anilines is 1. The maximum absolute atomic E-state index is 12.4. The molecule has 2 aromatic carbocycles.